The van der Waals surface area contributed by atoms with E-state index in [2.05, 4.69) is 0 Å². The summed E-state index contributed by atoms with van der Waals surface area (Å²) in [6, 6.07) is 0. The Hall–Kier alpha value is -0.0800. The van der Waals surface area contributed by atoms with Gasteiger partial charge in [-0.2, -0.15) is 0 Å². The molecule has 0 aliphatic heterocycles. The van der Waals surface area contributed by atoms with E-state index in [4.69, 9.17) is 10.8 Å². The third-order valence-electron chi connectivity index (χ3n) is 0.592. The number of hydrogen-bond donors (Lipinski definition) is 2. The van der Waals surface area contributed by atoms with Crippen molar-refractivity contribution in [2.45, 2.75) is 20.1 Å². The van der Waals surface area contributed by atoms with Crippen molar-refractivity contribution in [1.82, 2.24) is 0 Å². The van der Waals surface area contributed by atoms with Gasteiger partial charge in [0.1, 0.15) is 6.23 Å². The quantitative estimate of drug-likeness (QED) is 0.439. The first-order valence-corrected chi connectivity index (χ1v) is 1.88. The standard InChI is InChI=1S/C4H10NO/c1-3(2)4(5)6/h4,6H,5H2,1-2H3. The average molecular weight is 88.1 g/mol. The topological polar surface area (TPSA) is 46.2 Å². The SMILES string of the molecule is C[C](C)C(N)O. The fourth-order valence-electron chi connectivity index (χ4n) is 0. The molecule has 0 aromatic carbocycles. The van der Waals surface area contributed by atoms with E-state index >= 15 is 0 Å². The van der Waals surface area contributed by atoms with Gasteiger partial charge in [0.2, 0.25) is 0 Å². The van der Waals surface area contributed by atoms with Crippen molar-refractivity contribution in [3.05, 3.63) is 5.92 Å². The van der Waals surface area contributed by atoms with Gasteiger partial charge in [-0.1, -0.05) is 13.8 Å². The van der Waals surface area contributed by atoms with Gasteiger partial charge in [0.15, 0.2) is 0 Å². The van der Waals surface area contributed by atoms with Crippen LogP contribution in [0.3, 0.4) is 0 Å². The lowest BCUT2D eigenvalue weighted by Crippen LogP contribution is -2.23. The summed E-state index contributed by atoms with van der Waals surface area (Å²) in [5, 5.41) is 8.37. The maximum absolute atomic E-state index is 8.37. The molecule has 6 heavy (non-hydrogen) atoms. The highest BCUT2D eigenvalue weighted by molar-refractivity contribution is 4.81. The van der Waals surface area contributed by atoms with Gasteiger partial charge in [0.05, 0.1) is 0 Å². The van der Waals surface area contributed by atoms with Crippen LogP contribution in [0.2, 0.25) is 0 Å². The molecule has 1 atom stereocenters. The zero-order chi connectivity index (χ0) is 5.15. The first-order valence-electron chi connectivity index (χ1n) is 1.88. The van der Waals surface area contributed by atoms with Gasteiger partial charge in [-0.05, 0) is 0 Å². The molecule has 1 radical (unpaired) electrons. The number of hydrogen-bond acceptors (Lipinski definition) is 2. The summed E-state index contributed by atoms with van der Waals surface area (Å²) in [6.07, 6.45) is -0.731. The molecule has 0 aromatic rings. The Morgan fingerprint density at radius 3 is 1.83 bits per heavy atom. The van der Waals surface area contributed by atoms with Crippen molar-refractivity contribution < 1.29 is 5.11 Å². The van der Waals surface area contributed by atoms with Gasteiger partial charge < -0.3 is 10.8 Å². The van der Waals surface area contributed by atoms with Gasteiger partial charge in [-0.25, -0.2) is 0 Å². The molecule has 0 heterocycles. The van der Waals surface area contributed by atoms with Crippen molar-refractivity contribution in [2.24, 2.45) is 5.73 Å². The van der Waals surface area contributed by atoms with E-state index in [0.29, 0.717) is 0 Å². The Labute approximate surface area is 38.0 Å². The second kappa shape index (κ2) is 2.16. The van der Waals surface area contributed by atoms with Crippen LogP contribution in [0.25, 0.3) is 0 Å². The molecule has 0 saturated carbocycles. The summed E-state index contributed by atoms with van der Waals surface area (Å²) in [5.74, 6) is 0.843. The van der Waals surface area contributed by atoms with Gasteiger partial charge in [-0.3, -0.25) is 0 Å². The summed E-state index contributed by atoms with van der Waals surface area (Å²) in [7, 11) is 0. The highest BCUT2D eigenvalue weighted by Crippen LogP contribution is 1.94. The molecule has 0 aliphatic rings. The van der Waals surface area contributed by atoms with Crippen LogP contribution in [0, 0.1) is 5.92 Å². The van der Waals surface area contributed by atoms with E-state index < -0.39 is 6.23 Å². The zero-order valence-corrected chi connectivity index (χ0v) is 4.10. The normalized spacial score (nSPS) is 15.5. The van der Waals surface area contributed by atoms with Crippen molar-refractivity contribution in [1.29, 1.82) is 0 Å². The maximum atomic E-state index is 8.37. The van der Waals surface area contributed by atoms with E-state index in [1.165, 1.54) is 0 Å². The van der Waals surface area contributed by atoms with Crippen LogP contribution < -0.4 is 5.73 Å². The third-order valence-corrected chi connectivity index (χ3v) is 0.592. The molecule has 0 aliphatic carbocycles. The lowest BCUT2D eigenvalue weighted by atomic mass is 10.2. The molecule has 0 amide bonds. The Bertz CT molecular complexity index is 28.5. The molecule has 0 fully saturated rings. The predicted molar refractivity (Wildman–Crippen MR) is 24.8 cm³/mol. The maximum Gasteiger partial charge on any atom is 0.108 e. The monoisotopic (exact) mass is 88.1 g/mol. The van der Waals surface area contributed by atoms with Gasteiger partial charge in [0.25, 0.3) is 0 Å². The summed E-state index contributed by atoms with van der Waals surface area (Å²) in [4.78, 5) is 0. The minimum atomic E-state index is -0.731. The van der Waals surface area contributed by atoms with Crippen LogP contribution in [0.1, 0.15) is 13.8 Å². The Balaban J connectivity index is 2.99. The van der Waals surface area contributed by atoms with Crippen molar-refractivity contribution in [3.8, 4) is 0 Å². The molecule has 1 unspecified atom stereocenters. The van der Waals surface area contributed by atoms with E-state index in [-0.39, 0.29) is 0 Å². The van der Waals surface area contributed by atoms with Crippen LogP contribution in [0.4, 0.5) is 0 Å². The number of nitrogens with two attached hydrogens (primary N) is 1. The van der Waals surface area contributed by atoms with Crippen LogP contribution >= 0.6 is 0 Å². The molecule has 2 heteroatoms. The van der Waals surface area contributed by atoms with Crippen LogP contribution in [0.5, 0.6) is 0 Å². The molecule has 0 spiro atoms. The zero-order valence-electron chi connectivity index (χ0n) is 4.10. The van der Waals surface area contributed by atoms with Crippen molar-refractivity contribution in [2.75, 3.05) is 0 Å². The van der Waals surface area contributed by atoms with Crippen molar-refractivity contribution >= 4 is 0 Å². The first-order chi connectivity index (χ1) is 2.64. The van der Waals surface area contributed by atoms with E-state index in [1.54, 1.807) is 13.8 Å². The minimum absolute atomic E-state index is 0.731. The summed E-state index contributed by atoms with van der Waals surface area (Å²) in [6.45, 7) is 3.56. The molecule has 2 nitrogen and oxygen atoms in total. The summed E-state index contributed by atoms with van der Waals surface area (Å²) < 4.78 is 0. The average Bonchev–Trinajstić information content (AvgIpc) is 1.36. The highest BCUT2D eigenvalue weighted by atomic mass is 16.3. The van der Waals surface area contributed by atoms with Gasteiger partial charge in [0, 0.05) is 5.92 Å². The fourth-order valence-corrected chi connectivity index (χ4v) is 0. The second-order valence-corrected chi connectivity index (χ2v) is 1.52. The Kier molecular flexibility index (Phi) is 2.13. The molecule has 0 rings (SSSR count). The van der Waals surface area contributed by atoms with E-state index in [1.807, 2.05) is 0 Å². The molecule has 0 aromatic heterocycles. The Morgan fingerprint density at radius 2 is 1.83 bits per heavy atom. The number of aliphatic hydroxyl groups excluding tert-OH is 1. The fraction of sp³-hybridized carbons (Fsp3) is 0.750. The second-order valence-electron chi connectivity index (χ2n) is 1.52. The summed E-state index contributed by atoms with van der Waals surface area (Å²) >= 11 is 0. The van der Waals surface area contributed by atoms with Gasteiger partial charge in [-0.15, -0.1) is 0 Å². The van der Waals surface area contributed by atoms with Crippen molar-refractivity contribution in [3.63, 3.8) is 0 Å². The van der Waals surface area contributed by atoms with Crippen LogP contribution in [-0.4, -0.2) is 11.3 Å². The largest absolute Gasteiger partial charge is 0.378 e. The predicted octanol–water partition coefficient (Wildman–Crippen LogP) is -0.122. The summed E-state index contributed by atoms with van der Waals surface area (Å²) in [5.41, 5.74) is 4.95. The molecular weight excluding hydrogens is 78.0 g/mol. The first kappa shape index (κ1) is 5.92. The molecule has 0 saturated heterocycles. The highest BCUT2D eigenvalue weighted by Gasteiger charge is 1.98. The van der Waals surface area contributed by atoms with Crippen LogP contribution in [-0.2, 0) is 0 Å². The third kappa shape index (κ3) is 2.18. The molecule has 0 bridgehead atoms. The lowest BCUT2D eigenvalue weighted by molar-refractivity contribution is 0.197. The van der Waals surface area contributed by atoms with E-state index in [0.717, 1.165) is 5.92 Å². The molecular formula is C4H10NO. The molecule has 37 valence electrons. The van der Waals surface area contributed by atoms with E-state index in [9.17, 15) is 0 Å². The van der Waals surface area contributed by atoms with Crippen LogP contribution in [0.15, 0.2) is 0 Å². The Morgan fingerprint density at radius 1 is 1.67 bits per heavy atom. The minimum Gasteiger partial charge on any atom is -0.378 e. The lowest BCUT2D eigenvalue weighted by Gasteiger charge is -2.04. The number of rotatable bonds is 1. The smallest absolute Gasteiger partial charge is 0.108 e. The molecule has 3 N–H and O–H groups in total. The van der Waals surface area contributed by atoms with Gasteiger partial charge >= 0.3 is 0 Å². The number of aliphatic hydroxyl groups is 1.